The highest BCUT2D eigenvalue weighted by Crippen LogP contribution is 2.34. The van der Waals surface area contributed by atoms with Crippen molar-refractivity contribution in [3.05, 3.63) is 83.6 Å². The zero-order valence-corrected chi connectivity index (χ0v) is 18.4. The predicted octanol–water partition coefficient (Wildman–Crippen LogP) is 5.36. The molecule has 0 fully saturated rings. The number of carbonyl (C=O) groups is 1. The van der Waals surface area contributed by atoms with Crippen molar-refractivity contribution in [2.24, 2.45) is 0 Å². The summed E-state index contributed by atoms with van der Waals surface area (Å²) < 4.78 is 12.6. The highest BCUT2D eigenvalue weighted by molar-refractivity contribution is 6.11. The highest BCUT2D eigenvalue weighted by Gasteiger charge is 2.20. The van der Waals surface area contributed by atoms with Gasteiger partial charge in [-0.05, 0) is 34.7 Å². The molecule has 32 heavy (non-hydrogen) atoms. The summed E-state index contributed by atoms with van der Waals surface area (Å²) >= 11 is 0. The van der Waals surface area contributed by atoms with Crippen molar-refractivity contribution in [3.8, 4) is 11.5 Å². The molecule has 3 aromatic carbocycles. The Bertz CT molecular complexity index is 1300. The summed E-state index contributed by atoms with van der Waals surface area (Å²) in [5.74, 6) is 1.04. The maximum Gasteiger partial charge on any atom is 0.276 e. The highest BCUT2D eigenvalue weighted by atomic mass is 16.7. The fourth-order valence-corrected chi connectivity index (χ4v) is 3.86. The summed E-state index contributed by atoms with van der Waals surface area (Å²) in [7, 11) is 0. The van der Waals surface area contributed by atoms with Crippen LogP contribution in [0, 0.1) is 0 Å². The van der Waals surface area contributed by atoms with Crippen LogP contribution in [0.2, 0.25) is 0 Å². The Morgan fingerprint density at radius 1 is 1.00 bits per heavy atom. The van der Waals surface area contributed by atoms with Gasteiger partial charge in [0.1, 0.15) is 0 Å². The average molecular weight is 428 g/mol. The lowest BCUT2D eigenvalue weighted by atomic mass is 9.87. The van der Waals surface area contributed by atoms with Gasteiger partial charge in [-0.3, -0.25) is 9.48 Å². The summed E-state index contributed by atoms with van der Waals surface area (Å²) in [6, 6.07) is 21.7. The molecule has 0 bridgehead atoms. The molecule has 0 unspecified atom stereocenters. The Morgan fingerprint density at radius 3 is 2.53 bits per heavy atom. The Kier molecular flexibility index (Phi) is 4.85. The second-order valence-corrected chi connectivity index (χ2v) is 8.99. The van der Waals surface area contributed by atoms with E-state index in [1.807, 2.05) is 28.9 Å². The molecule has 2 heterocycles. The minimum atomic E-state index is -0.262. The second kappa shape index (κ2) is 7.71. The molecule has 1 N–H and O–H groups in total. The molecule has 6 nitrogen and oxygen atoms in total. The topological polar surface area (TPSA) is 65.4 Å². The van der Waals surface area contributed by atoms with Crippen LogP contribution in [0.4, 0.5) is 5.69 Å². The van der Waals surface area contributed by atoms with Crippen molar-refractivity contribution >= 4 is 22.5 Å². The molecule has 4 aromatic rings. The zero-order valence-electron chi connectivity index (χ0n) is 18.4. The van der Waals surface area contributed by atoms with Crippen LogP contribution in [0.1, 0.15) is 42.4 Å². The molecule has 1 aliphatic heterocycles. The molecule has 0 saturated carbocycles. The molecule has 1 aromatic heterocycles. The van der Waals surface area contributed by atoms with Gasteiger partial charge in [0.15, 0.2) is 17.2 Å². The largest absolute Gasteiger partial charge is 0.454 e. The number of ether oxygens (including phenoxy) is 2. The fourth-order valence-electron chi connectivity index (χ4n) is 3.86. The molecule has 0 atom stereocenters. The SMILES string of the molecule is CC(C)(C)c1ccc(Cn2nc(C(=O)Nc3ccc4c(c3)OCO4)c3ccccc32)cc1. The summed E-state index contributed by atoms with van der Waals surface area (Å²) in [6.07, 6.45) is 0. The quantitative estimate of drug-likeness (QED) is 0.476. The van der Waals surface area contributed by atoms with Crippen LogP contribution in [0.15, 0.2) is 66.7 Å². The summed E-state index contributed by atoms with van der Waals surface area (Å²) in [6.45, 7) is 7.39. The lowest BCUT2D eigenvalue weighted by Crippen LogP contribution is -2.14. The van der Waals surface area contributed by atoms with Gasteiger partial charge in [0, 0.05) is 17.1 Å². The third-order valence-electron chi connectivity index (χ3n) is 5.66. The van der Waals surface area contributed by atoms with E-state index in [4.69, 9.17) is 9.47 Å². The van der Waals surface area contributed by atoms with Gasteiger partial charge < -0.3 is 14.8 Å². The molecular formula is C26H25N3O3. The number of carbonyl (C=O) groups excluding carboxylic acids is 1. The number of rotatable bonds is 4. The normalized spacial score (nSPS) is 12.8. The van der Waals surface area contributed by atoms with Gasteiger partial charge in [0.05, 0.1) is 12.1 Å². The molecule has 0 spiro atoms. The summed E-state index contributed by atoms with van der Waals surface area (Å²) in [5.41, 5.74) is 4.48. The Labute approximate surface area is 186 Å². The van der Waals surface area contributed by atoms with Crippen LogP contribution in [-0.4, -0.2) is 22.5 Å². The third-order valence-corrected chi connectivity index (χ3v) is 5.66. The Hall–Kier alpha value is -3.80. The molecule has 1 amide bonds. The predicted molar refractivity (Wildman–Crippen MR) is 124 cm³/mol. The number of para-hydroxylation sites is 1. The van der Waals surface area contributed by atoms with Crippen molar-refractivity contribution in [1.82, 2.24) is 9.78 Å². The van der Waals surface area contributed by atoms with Crippen LogP contribution in [0.25, 0.3) is 10.9 Å². The minimum Gasteiger partial charge on any atom is -0.454 e. The van der Waals surface area contributed by atoms with Gasteiger partial charge in [0.25, 0.3) is 5.91 Å². The van der Waals surface area contributed by atoms with Gasteiger partial charge in [0.2, 0.25) is 6.79 Å². The number of amides is 1. The first-order valence-corrected chi connectivity index (χ1v) is 10.6. The first-order chi connectivity index (χ1) is 15.4. The first kappa shape index (κ1) is 20.1. The molecule has 6 heteroatoms. The molecule has 162 valence electrons. The van der Waals surface area contributed by atoms with E-state index < -0.39 is 0 Å². The number of nitrogens with one attached hydrogen (secondary N) is 1. The maximum atomic E-state index is 13.1. The number of aromatic nitrogens is 2. The number of fused-ring (bicyclic) bond motifs is 2. The number of anilines is 1. The number of benzene rings is 3. The van der Waals surface area contributed by atoms with E-state index in [2.05, 4.69) is 55.5 Å². The Balaban J connectivity index is 1.43. The fraction of sp³-hybridized carbons (Fsp3) is 0.231. The lowest BCUT2D eigenvalue weighted by molar-refractivity contribution is 0.102. The van der Waals surface area contributed by atoms with E-state index in [0.29, 0.717) is 29.4 Å². The number of hydrogen-bond acceptors (Lipinski definition) is 4. The van der Waals surface area contributed by atoms with Crippen molar-refractivity contribution < 1.29 is 14.3 Å². The van der Waals surface area contributed by atoms with Crippen LogP contribution in [0.3, 0.4) is 0 Å². The standard InChI is InChI=1S/C26H25N3O3/c1-26(2,3)18-10-8-17(9-11-18)15-29-21-7-5-4-6-20(21)24(28-29)25(30)27-19-12-13-22-23(14-19)32-16-31-22/h4-14H,15-16H2,1-3H3,(H,27,30). The van der Waals surface area contributed by atoms with Crippen LogP contribution < -0.4 is 14.8 Å². The Morgan fingerprint density at radius 2 is 1.75 bits per heavy atom. The van der Waals surface area contributed by atoms with E-state index in [-0.39, 0.29) is 18.1 Å². The van der Waals surface area contributed by atoms with Crippen LogP contribution in [0.5, 0.6) is 11.5 Å². The van der Waals surface area contributed by atoms with Crippen molar-refractivity contribution in [2.45, 2.75) is 32.7 Å². The van der Waals surface area contributed by atoms with E-state index in [1.165, 1.54) is 5.56 Å². The van der Waals surface area contributed by atoms with Crippen LogP contribution >= 0.6 is 0 Å². The van der Waals surface area contributed by atoms with Gasteiger partial charge >= 0.3 is 0 Å². The van der Waals surface area contributed by atoms with Crippen molar-refractivity contribution in [3.63, 3.8) is 0 Å². The van der Waals surface area contributed by atoms with Crippen LogP contribution in [-0.2, 0) is 12.0 Å². The van der Waals surface area contributed by atoms with Gasteiger partial charge in [-0.15, -0.1) is 0 Å². The van der Waals surface area contributed by atoms with E-state index in [9.17, 15) is 4.79 Å². The van der Waals surface area contributed by atoms with Gasteiger partial charge in [-0.1, -0.05) is 63.2 Å². The van der Waals surface area contributed by atoms with E-state index >= 15 is 0 Å². The minimum absolute atomic E-state index is 0.108. The molecule has 0 aliphatic carbocycles. The third kappa shape index (κ3) is 3.80. The van der Waals surface area contributed by atoms with Gasteiger partial charge in [-0.2, -0.15) is 5.10 Å². The number of hydrogen-bond donors (Lipinski definition) is 1. The van der Waals surface area contributed by atoms with Crippen molar-refractivity contribution in [1.29, 1.82) is 0 Å². The van der Waals surface area contributed by atoms with Gasteiger partial charge in [-0.25, -0.2) is 0 Å². The first-order valence-electron chi connectivity index (χ1n) is 10.6. The molecule has 0 saturated heterocycles. The second-order valence-electron chi connectivity index (χ2n) is 8.99. The van der Waals surface area contributed by atoms with E-state index in [0.717, 1.165) is 16.5 Å². The maximum absolute atomic E-state index is 13.1. The molecular weight excluding hydrogens is 402 g/mol. The summed E-state index contributed by atoms with van der Waals surface area (Å²) in [5, 5.41) is 8.42. The summed E-state index contributed by atoms with van der Waals surface area (Å²) in [4.78, 5) is 13.1. The lowest BCUT2D eigenvalue weighted by Gasteiger charge is -2.19. The number of nitrogens with zero attached hydrogens (tertiary/aromatic N) is 2. The smallest absolute Gasteiger partial charge is 0.276 e. The van der Waals surface area contributed by atoms with Crippen molar-refractivity contribution in [2.75, 3.05) is 12.1 Å². The monoisotopic (exact) mass is 427 g/mol. The average Bonchev–Trinajstić information content (AvgIpc) is 3.38. The zero-order chi connectivity index (χ0) is 22.3. The molecule has 5 rings (SSSR count). The molecule has 0 radical (unpaired) electrons. The van der Waals surface area contributed by atoms with E-state index in [1.54, 1.807) is 18.2 Å². The molecule has 1 aliphatic rings.